The number of aromatic carboxylic acids is 1. The van der Waals surface area contributed by atoms with E-state index in [1.807, 2.05) is 0 Å². The highest BCUT2D eigenvalue weighted by atomic mass is 16.5. The quantitative estimate of drug-likeness (QED) is 0.224. The Hall–Kier alpha value is -3.02. The molecule has 2 aromatic rings. The van der Waals surface area contributed by atoms with Crippen molar-refractivity contribution in [2.24, 2.45) is 0 Å². The van der Waals surface area contributed by atoms with Crippen molar-refractivity contribution in [2.45, 2.75) is 71.1 Å². The number of carboxylic acid groups (broad SMARTS) is 1. The minimum Gasteiger partial charge on any atom is -0.507 e. The molecule has 0 heterocycles. The number of phenolic OH excluding ortho intramolecular Hbond substituents is 1. The van der Waals surface area contributed by atoms with Crippen molar-refractivity contribution in [3.05, 3.63) is 53.6 Å². The van der Waals surface area contributed by atoms with Gasteiger partial charge in [-0.1, -0.05) is 76.8 Å². The first kappa shape index (κ1) is 27.0. The first-order chi connectivity index (χ1) is 15.5. The molecule has 32 heavy (non-hydrogen) atoms. The van der Waals surface area contributed by atoms with Gasteiger partial charge in [-0.15, -0.1) is 0 Å². The summed E-state index contributed by atoms with van der Waals surface area (Å²) in [4.78, 5) is 20.9. The molecule has 0 radical (unpaired) electrons. The van der Waals surface area contributed by atoms with Gasteiger partial charge in [0.15, 0.2) is 6.29 Å². The predicted octanol–water partition coefficient (Wildman–Crippen LogP) is 6.59. The van der Waals surface area contributed by atoms with E-state index < -0.39 is 5.97 Å². The maximum Gasteiger partial charge on any atom is 0.339 e. The summed E-state index contributed by atoms with van der Waals surface area (Å²) in [5.74, 6) is -0.706. The first-order valence-electron chi connectivity index (χ1n) is 11.4. The number of carboxylic acids is 1. The first-order valence-corrected chi connectivity index (χ1v) is 11.4. The number of carbonyl (C=O) groups excluding carboxylic acids is 1. The molecule has 2 rings (SSSR count). The van der Waals surface area contributed by atoms with Crippen molar-refractivity contribution in [1.82, 2.24) is 0 Å². The number of carbonyl (C=O) groups is 2. The van der Waals surface area contributed by atoms with Gasteiger partial charge in [0.1, 0.15) is 22.8 Å². The molecule has 0 unspecified atom stereocenters. The Kier molecular flexibility index (Phi) is 14.1. The number of aldehydes is 1. The molecule has 6 nitrogen and oxygen atoms in total. The molecule has 0 atom stereocenters. The van der Waals surface area contributed by atoms with E-state index in [1.165, 1.54) is 76.0 Å². The van der Waals surface area contributed by atoms with Crippen LogP contribution in [0, 0.1) is 0 Å². The number of ether oxygens (including phenoxy) is 1. The van der Waals surface area contributed by atoms with Crippen LogP contribution < -0.4 is 4.74 Å². The van der Waals surface area contributed by atoms with E-state index in [2.05, 4.69) is 6.92 Å². The van der Waals surface area contributed by atoms with E-state index in [0.29, 0.717) is 24.2 Å². The zero-order chi connectivity index (χ0) is 23.6. The van der Waals surface area contributed by atoms with Crippen LogP contribution in [0.25, 0.3) is 0 Å². The third-order valence-electron chi connectivity index (χ3n) is 5.03. The summed E-state index contributed by atoms with van der Waals surface area (Å²) in [6, 6.07) is 10.6. The lowest BCUT2D eigenvalue weighted by Gasteiger charge is -2.07. The van der Waals surface area contributed by atoms with Crippen LogP contribution in [0.1, 0.15) is 91.8 Å². The van der Waals surface area contributed by atoms with Gasteiger partial charge in [0.05, 0.1) is 12.2 Å². The molecule has 6 heteroatoms. The molecule has 0 spiro atoms. The molecule has 0 aromatic heterocycles. The molecule has 3 N–H and O–H groups in total. The molecule has 0 saturated carbocycles. The molecule has 2 aromatic carbocycles. The number of hydrogen-bond acceptors (Lipinski definition) is 5. The summed E-state index contributed by atoms with van der Waals surface area (Å²) in [5.41, 5.74) is 0.230. The number of phenols is 2. The van der Waals surface area contributed by atoms with E-state index in [1.54, 1.807) is 24.3 Å². The predicted molar refractivity (Wildman–Crippen MR) is 126 cm³/mol. The second-order valence-corrected chi connectivity index (χ2v) is 7.69. The van der Waals surface area contributed by atoms with Gasteiger partial charge in [-0.25, -0.2) is 4.79 Å². The van der Waals surface area contributed by atoms with Crippen LogP contribution in [0.5, 0.6) is 17.2 Å². The van der Waals surface area contributed by atoms with Crippen LogP contribution in [0.15, 0.2) is 42.5 Å². The van der Waals surface area contributed by atoms with E-state index >= 15 is 0 Å². The van der Waals surface area contributed by atoms with Crippen molar-refractivity contribution in [3.63, 3.8) is 0 Å². The minimum atomic E-state index is -1.11. The van der Waals surface area contributed by atoms with E-state index in [-0.39, 0.29) is 17.1 Å². The molecule has 0 saturated heterocycles. The van der Waals surface area contributed by atoms with Gasteiger partial charge >= 0.3 is 5.97 Å². The lowest BCUT2D eigenvalue weighted by Crippen LogP contribution is -1.97. The normalized spacial score (nSPS) is 10.2. The van der Waals surface area contributed by atoms with Gasteiger partial charge in [0.25, 0.3) is 0 Å². The van der Waals surface area contributed by atoms with Crippen molar-refractivity contribution in [1.29, 1.82) is 0 Å². The summed E-state index contributed by atoms with van der Waals surface area (Å²) in [6.07, 6.45) is 13.6. The van der Waals surface area contributed by atoms with Crippen LogP contribution in [0.3, 0.4) is 0 Å². The number of rotatable bonds is 14. The summed E-state index contributed by atoms with van der Waals surface area (Å²) >= 11 is 0. The molecular formula is C26H36O6. The molecule has 176 valence electrons. The Morgan fingerprint density at radius 3 is 1.94 bits per heavy atom. The highest BCUT2D eigenvalue weighted by Crippen LogP contribution is 2.22. The second-order valence-electron chi connectivity index (χ2n) is 7.69. The number of para-hydroxylation sites is 1. The summed E-state index contributed by atoms with van der Waals surface area (Å²) in [6.45, 7) is 2.91. The maximum atomic E-state index is 10.6. The van der Waals surface area contributed by atoms with Crippen LogP contribution in [-0.4, -0.2) is 34.2 Å². The fraction of sp³-hybridized carbons (Fsp3) is 0.462. The monoisotopic (exact) mass is 444 g/mol. The van der Waals surface area contributed by atoms with Crippen LogP contribution >= 0.6 is 0 Å². The van der Waals surface area contributed by atoms with Crippen molar-refractivity contribution >= 4 is 12.3 Å². The van der Waals surface area contributed by atoms with Gasteiger partial charge in [-0.3, -0.25) is 4.79 Å². The SMILES string of the molecule is CCCCCCCCCCCCOc1ccc(C=O)c(O)c1.O=C(O)c1ccccc1O. The van der Waals surface area contributed by atoms with Crippen LogP contribution in [0.4, 0.5) is 0 Å². The second kappa shape index (κ2) is 16.6. The molecule has 0 amide bonds. The fourth-order valence-corrected chi connectivity index (χ4v) is 3.15. The van der Waals surface area contributed by atoms with Crippen molar-refractivity contribution < 1.29 is 29.6 Å². The zero-order valence-corrected chi connectivity index (χ0v) is 19.0. The average Bonchev–Trinajstić information content (AvgIpc) is 2.78. The molecule has 0 fully saturated rings. The highest BCUT2D eigenvalue weighted by Gasteiger charge is 2.05. The zero-order valence-electron chi connectivity index (χ0n) is 19.0. The largest absolute Gasteiger partial charge is 0.507 e. The van der Waals surface area contributed by atoms with Gasteiger partial charge in [-0.2, -0.15) is 0 Å². The van der Waals surface area contributed by atoms with Crippen LogP contribution in [0.2, 0.25) is 0 Å². The minimum absolute atomic E-state index is 0.0180. The molecular weight excluding hydrogens is 408 g/mol. The van der Waals surface area contributed by atoms with Gasteiger partial charge < -0.3 is 20.1 Å². The highest BCUT2D eigenvalue weighted by molar-refractivity contribution is 5.90. The van der Waals surface area contributed by atoms with Crippen molar-refractivity contribution in [3.8, 4) is 17.2 Å². The summed E-state index contributed by atoms with van der Waals surface area (Å²) < 4.78 is 5.58. The van der Waals surface area contributed by atoms with Gasteiger partial charge in [0.2, 0.25) is 0 Å². The summed E-state index contributed by atoms with van der Waals surface area (Å²) in [5, 5.41) is 26.9. The Morgan fingerprint density at radius 2 is 1.44 bits per heavy atom. The summed E-state index contributed by atoms with van der Waals surface area (Å²) in [7, 11) is 0. The van der Waals surface area contributed by atoms with E-state index in [9.17, 15) is 14.7 Å². The Bertz CT molecular complexity index is 803. The number of hydrogen-bond donors (Lipinski definition) is 3. The topological polar surface area (TPSA) is 104 Å². The third-order valence-corrected chi connectivity index (χ3v) is 5.03. The van der Waals surface area contributed by atoms with Gasteiger partial charge in [0, 0.05) is 6.07 Å². The average molecular weight is 445 g/mol. The molecule has 0 bridgehead atoms. The third kappa shape index (κ3) is 11.4. The Morgan fingerprint density at radius 1 is 0.844 bits per heavy atom. The number of benzene rings is 2. The smallest absolute Gasteiger partial charge is 0.339 e. The van der Waals surface area contributed by atoms with Gasteiger partial charge in [-0.05, 0) is 30.7 Å². The lowest BCUT2D eigenvalue weighted by molar-refractivity contribution is 0.0693. The standard InChI is InChI=1S/C19H30O3.C7H6O3/c1-2-3-4-5-6-7-8-9-10-11-14-22-18-13-12-17(16-20)19(21)15-18;8-6-4-2-1-3-5(6)7(9)10/h12-13,15-16,21H,2-11,14H2,1H3;1-4,8H,(H,9,10). The maximum absolute atomic E-state index is 10.6. The fourth-order valence-electron chi connectivity index (χ4n) is 3.15. The van der Waals surface area contributed by atoms with E-state index in [0.717, 1.165) is 6.42 Å². The van der Waals surface area contributed by atoms with Crippen molar-refractivity contribution in [2.75, 3.05) is 6.61 Å². The molecule has 0 aliphatic rings. The number of aromatic hydroxyl groups is 2. The Balaban J connectivity index is 0.000000425. The molecule has 0 aliphatic heterocycles. The van der Waals surface area contributed by atoms with E-state index in [4.69, 9.17) is 14.9 Å². The number of unbranched alkanes of at least 4 members (excludes halogenated alkanes) is 9. The Labute approximate surface area is 190 Å². The lowest BCUT2D eigenvalue weighted by atomic mass is 10.1. The van der Waals surface area contributed by atoms with Crippen LogP contribution in [-0.2, 0) is 0 Å². The molecule has 0 aliphatic carbocycles.